The van der Waals surface area contributed by atoms with Crippen LogP contribution in [0.1, 0.15) is 6.42 Å². The van der Waals surface area contributed by atoms with Crippen molar-refractivity contribution in [3.8, 4) is 0 Å². The van der Waals surface area contributed by atoms with E-state index in [9.17, 15) is 4.79 Å². The summed E-state index contributed by atoms with van der Waals surface area (Å²) < 4.78 is 0. The Hall–Kier alpha value is -1.28. The number of hydrogen-bond acceptors (Lipinski definition) is 1. The highest BCUT2D eigenvalue weighted by Crippen LogP contribution is 2.29. The van der Waals surface area contributed by atoms with E-state index in [0.29, 0.717) is 0 Å². The molecule has 0 bridgehead atoms. The lowest BCUT2D eigenvalue weighted by Gasteiger charge is -1.90. The smallest absolute Gasteiger partial charge is 0.307 e. The van der Waals surface area contributed by atoms with Crippen molar-refractivity contribution in [1.82, 2.24) is 0 Å². The number of aliphatic carboxylic acids is 1. The molecule has 1 N–H and O–H groups in total. The third kappa shape index (κ3) is 1.90. The Kier molecular flexibility index (Phi) is 2.73. The number of allylic oxidation sites excluding steroid dienone is 7. The molecule has 3 heteroatoms. The molecule has 0 aromatic rings. The first-order valence-electron chi connectivity index (χ1n) is 3.78. The van der Waals surface area contributed by atoms with E-state index in [0.717, 1.165) is 16.7 Å². The summed E-state index contributed by atoms with van der Waals surface area (Å²) in [6.45, 7) is 0. The zero-order valence-corrected chi connectivity index (χ0v) is 7.67. The highest BCUT2D eigenvalue weighted by Gasteiger charge is 2.13. The molecule has 0 aromatic heterocycles. The van der Waals surface area contributed by atoms with E-state index in [-0.39, 0.29) is 18.8 Å². The molecule has 2 rings (SSSR count). The molecule has 0 radical (unpaired) electrons. The van der Waals surface area contributed by atoms with Gasteiger partial charge in [0.1, 0.15) is 0 Å². The summed E-state index contributed by atoms with van der Waals surface area (Å²) >= 11 is 0. The molecule has 0 saturated heterocycles. The fraction of sp³-hybridized carbons (Fsp3) is 0.100. The molecule has 0 atom stereocenters. The minimum absolute atomic E-state index is 0. The highest BCUT2D eigenvalue weighted by molar-refractivity contribution is 5.85. The van der Waals surface area contributed by atoms with Crippen molar-refractivity contribution in [3.63, 3.8) is 0 Å². The number of hydrogen-bond donors (Lipinski definition) is 1. The lowest BCUT2D eigenvalue weighted by molar-refractivity contribution is -0.136. The van der Waals surface area contributed by atoms with Crippen LogP contribution in [-0.4, -0.2) is 11.1 Å². The normalized spacial score (nSPS) is 17.1. The summed E-state index contributed by atoms with van der Waals surface area (Å²) in [5, 5.41) is 8.53. The summed E-state index contributed by atoms with van der Waals surface area (Å²) in [6, 6.07) is 0. The fourth-order valence-corrected chi connectivity index (χ4v) is 1.43. The molecule has 0 amide bonds. The Labute approximate surface area is 82.4 Å². The van der Waals surface area contributed by atoms with Gasteiger partial charge in [-0.25, -0.2) is 0 Å². The minimum Gasteiger partial charge on any atom is -0.481 e. The molecular weight excluding hydrogens is 188 g/mol. The van der Waals surface area contributed by atoms with E-state index in [1.165, 1.54) is 0 Å². The van der Waals surface area contributed by atoms with Crippen LogP contribution >= 0.6 is 12.4 Å². The average molecular weight is 197 g/mol. The van der Waals surface area contributed by atoms with Gasteiger partial charge in [0.05, 0.1) is 6.42 Å². The molecule has 0 spiro atoms. The van der Waals surface area contributed by atoms with Crippen LogP contribution in [0.15, 0.2) is 47.1 Å². The van der Waals surface area contributed by atoms with Crippen LogP contribution < -0.4 is 0 Å². The first-order chi connectivity index (χ1) is 5.75. The van der Waals surface area contributed by atoms with Gasteiger partial charge in [0.2, 0.25) is 0 Å². The van der Waals surface area contributed by atoms with Crippen LogP contribution in [0.25, 0.3) is 0 Å². The van der Waals surface area contributed by atoms with Crippen molar-refractivity contribution < 1.29 is 9.90 Å². The van der Waals surface area contributed by atoms with Gasteiger partial charge in [-0.1, -0.05) is 30.4 Å². The quantitative estimate of drug-likeness (QED) is 0.736. The predicted octanol–water partition coefficient (Wildman–Crippen LogP) is 2.25. The molecule has 0 fully saturated rings. The third-order valence-electron chi connectivity index (χ3n) is 1.92. The van der Waals surface area contributed by atoms with E-state index in [2.05, 4.69) is 0 Å². The number of rotatable bonds is 2. The summed E-state index contributed by atoms with van der Waals surface area (Å²) in [7, 11) is 0. The van der Waals surface area contributed by atoms with E-state index >= 15 is 0 Å². The highest BCUT2D eigenvalue weighted by atomic mass is 35.5. The summed E-state index contributed by atoms with van der Waals surface area (Å²) in [6.07, 6.45) is 9.90. The molecule has 2 aliphatic carbocycles. The van der Waals surface area contributed by atoms with E-state index in [4.69, 9.17) is 5.11 Å². The van der Waals surface area contributed by atoms with Gasteiger partial charge in [-0.2, -0.15) is 0 Å². The monoisotopic (exact) mass is 196 g/mol. The van der Waals surface area contributed by atoms with E-state index in [1.807, 2.05) is 30.4 Å². The molecule has 0 unspecified atom stereocenters. The van der Waals surface area contributed by atoms with Crippen molar-refractivity contribution in [1.29, 1.82) is 0 Å². The van der Waals surface area contributed by atoms with Crippen LogP contribution in [-0.2, 0) is 4.79 Å². The Balaban J connectivity index is 0.000000845. The Bertz CT molecular complexity index is 359. The summed E-state index contributed by atoms with van der Waals surface area (Å²) in [4.78, 5) is 10.4. The first-order valence-corrected chi connectivity index (χ1v) is 3.78. The Morgan fingerprint density at radius 1 is 1.31 bits per heavy atom. The van der Waals surface area contributed by atoms with Crippen molar-refractivity contribution in [2.75, 3.05) is 0 Å². The average Bonchev–Trinajstić information content (AvgIpc) is 2.43. The molecule has 0 heterocycles. The van der Waals surface area contributed by atoms with Crippen LogP contribution in [0.5, 0.6) is 0 Å². The SMILES string of the molecule is Cl.O=C(O)CC1=CC2=CC=CC2=C1. The van der Waals surface area contributed by atoms with Crippen molar-refractivity contribution in [2.24, 2.45) is 0 Å². The van der Waals surface area contributed by atoms with Gasteiger partial charge >= 0.3 is 5.97 Å². The largest absolute Gasteiger partial charge is 0.481 e. The molecule has 2 nitrogen and oxygen atoms in total. The number of carbonyl (C=O) groups is 1. The maximum Gasteiger partial charge on any atom is 0.307 e. The van der Waals surface area contributed by atoms with Gasteiger partial charge in [0.25, 0.3) is 0 Å². The first kappa shape index (κ1) is 9.81. The lowest BCUT2D eigenvalue weighted by atomic mass is 10.2. The van der Waals surface area contributed by atoms with Crippen molar-refractivity contribution in [3.05, 3.63) is 47.1 Å². The third-order valence-corrected chi connectivity index (χ3v) is 1.92. The van der Waals surface area contributed by atoms with Gasteiger partial charge < -0.3 is 5.11 Å². The number of halogens is 1. The second-order valence-corrected chi connectivity index (χ2v) is 2.87. The van der Waals surface area contributed by atoms with Crippen molar-refractivity contribution >= 4 is 18.4 Å². The van der Waals surface area contributed by atoms with Crippen LogP contribution in [0, 0.1) is 0 Å². The Morgan fingerprint density at radius 3 is 2.69 bits per heavy atom. The second-order valence-electron chi connectivity index (χ2n) is 2.87. The number of fused-ring (bicyclic) bond motifs is 1. The maximum absolute atomic E-state index is 10.4. The van der Waals surface area contributed by atoms with Crippen LogP contribution in [0.2, 0.25) is 0 Å². The van der Waals surface area contributed by atoms with E-state index in [1.54, 1.807) is 0 Å². The topological polar surface area (TPSA) is 37.3 Å². The molecule has 0 saturated carbocycles. The van der Waals surface area contributed by atoms with Gasteiger partial charge in [-0.3, -0.25) is 4.79 Å². The number of carboxylic acid groups (broad SMARTS) is 1. The zero-order valence-electron chi connectivity index (χ0n) is 6.86. The summed E-state index contributed by atoms with van der Waals surface area (Å²) in [5.74, 6) is -0.775. The molecule has 2 aliphatic rings. The van der Waals surface area contributed by atoms with Gasteiger partial charge in [-0.05, 0) is 16.7 Å². The lowest BCUT2D eigenvalue weighted by Crippen LogP contribution is -1.94. The number of carboxylic acids is 1. The van der Waals surface area contributed by atoms with Crippen LogP contribution in [0.4, 0.5) is 0 Å². The van der Waals surface area contributed by atoms with Gasteiger partial charge in [0, 0.05) is 0 Å². The van der Waals surface area contributed by atoms with Crippen LogP contribution in [0.3, 0.4) is 0 Å². The standard InChI is InChI=1S/C10H8O2.ClH/c11-10(12)6-7-4-8-2-1-3-9(8)5-7;/h1-5H,6H2,(H,11,12);1H. The predicted molar refractivity (Wildman–Crippen MR) is 52.9 cm³/mol. The van der Waals surface area contributed by atoms with Gasteiger partial charge in [-0.15, -0.1) is 12.4 Å². The fourth-order valence-electron chi connectivity index (χ4n) is 1.43. The summed E-state index contributed by atoms with van der Waals surface area (Å²) in [5.41, 5.74) is 3.14. The second kappa shape index (κ2) is 3.62. The molecular formula is C10H9ClO2. The molecule has 0 aliphatic heterocycles. The maximum atomic E-state index is 10.4. The molecule has 13 heavy (non-hydrogen) atoms. The minimum atomic E-state index is -0.775. The van der Waals surface area contributed by atoms with E-state index < -0.39 is 5.97 Å². The zero-order chi connectivity index (χ0) is 8.55. The molecule has 68 valence electrons. The van der Waals surface area contributed by atoms with Crippen molar-refractivity contribution in [2.45, 2.75) is 6.42 Å². The molecule has 0 aromatic carbocycles. The Morgan fingerprint density at radius 2 is 2.08 bits per heavy atom. The van der Waals surface area contributed by atoms with Gasteiger partial charge in [0.15, 0.2) is 0 Å².